The first-order chi connectivity index (χ1) is 16.1. The average Bonchev–Trinajstić information content (AvgIpc) is 3.09. The number of nitrogens with one attached hydrogen (secondary N) is 1. The Bertz CT molecular complexity index is 1200. The first kappa shape index (κ1) is 26.7. The molecule has 4 rings (SSSR count). The van der Waals surface area contributed by atoms with Gasteiger partial charge in [-0.25, -0.2) is 4.39 Å². The van der Waals surface area contributed by atoms with Crippen LogP contribution in [-0.4, -0.2) is 49.2 Å². The molecular weight excluding hydrogens is 517 g/mol. The number of Topliss-reactive ketones (excluding diaryl/α,β-unsaturated/α-hetero) is 1. The van der Waals surface area contributed by atoms with Crippen molar-refractivity contribution in [1.82, 2.24) is 4.90 Å². The molecule has 0 saturated carbocycles. The molecule has 9 heteroatoms. The van der Waals surface area contributed by atoms with E-state index in [1.807, 2.05) is 19.9 Å². The molecule has 0 atom stereocenters. The van der Waals surface area contributed by atoms with Crippen LogP contribution in [0, 0.1) is 11.2 Å². The summed E-state index contributed by atoms with van der Waals surface area (Å²) in [6.07, 6.45) is 0.365. The smallest absolute Gasteiger partial charge is 0.227 e. The molecule has 0 spiro atoms. The van der Waals surface area contributed by atoms with Crippen LogP contribution in [0.25, 0.3) is 0 Å². The highest BCUT2D eigenvalue weighted by molar-refractivity contribution is 8.93. The maximum absolute atomic E-state index is 15.3. The molecule has 2 aliphatic heterocycles. The minimum absolute atomic E-state index is 0. The fraction of sp³-hybridized carbons (Fsp3) is 0.423. The Morgan fingerprint density at radius 1 is 1.17 bits per heavy atom. The summed E-state index contributed by atoms with van der Waals surface area (Å²) in [7, 11) is 1.74. The molecule has 0 saturated heterocycles. The van der Waals surface area contributed by atoms with E-state index in [2.05, 4.69) is 0 Å². The topological polar surface area (TPSA) is 82.9 Å². The Morgan fingerprint density at radius 2 is 1.86 bits per heavy atom. The second-order valence-electron chi connectivity index (χ2n) is 9.29. The standard InChI is InChI=1S/C26H30FN3O4.BrH/c1-6-33-20-11-16-13-30(25(28)22(16)23(27)24(20)34-7-2)14-19(31)15-8-9-18-17(10-15)26(3,4)12-21(32)29(18)5;/h8-11,28H,6-7,12-14H2,1-5H3;1H. The SMILES string of the molecule is Br.CCOc1cc2c(c(F)c1OCC)C(=N)N(CC(=O)c1ccc3c(c1)C(C)(C)CC(=O)N3C)C2. The summed E-state index contributed by atoms with van der Waals surface area (Å²) in [5.41, 5.74) is 2.59. The zero-order chi connectivity index (χ0) is 24.8. The molecule has 1 N–H and O–H groups in total. The molecular formula is C26H31BrFN3O4. The van der Waals surface area contributed by atoms with Crippen molar-refractivity contribution < 1.29 is 23.5 Å². The maximum atomic E-state index is 15.3. The molecule has 0 unspecified atom stereocenters. The minimum atomic E-state index is -0.633. The molecule has 7 nitrogen and oxygen atoms in total. The van der Waals surface area contributed by atoms with E-state index in [1.165, 1.54) is 0 Å². The largest absolute Gasteiger partial charge is 0.490 e. The van der Waals surface area contributed by atoms with E-state index in [0.717, 1.165) is 11.3 Å². The number of anilines is 1. The van der Waals surface area contributed by atoms with Gasteiger partial charge < -0.3 is 19.3 Å². The van der Waals surface area contributed by atoms with E-state index in [9.17, 15) is 9.59 Å². The van der Waals surface area contributed by atoms with E-state index < -0.39 is 5.82 Å². The molecule has 2 heterocycles. The number of nitrogens with zero attached hydrogens (tertiary/aromatic N) is 2. The lowest BCUT2D eigenvalue weighted by molar-refractivity contribution is -0.119. The Morgan fingerprint density at radius 3 is 2.51 bits per heavy atom. The lowest BCUT2D eigenvalue weighted by atomic mass is 9.76. The molecule has 2 aromatic carbocycles. The summed E-state index contributed by atoms with van der Waals surface area (Å²) in [6, 6.07) is 7.04. The molecule has 0 aromatic heterocycles. The van der Waals surface area contributed by atoms with Gasteiger partial charge >= 0.3 is 0 Å². The fourth-order valence-corrected chi connectivity index (χ4v) is 4.69. The summed E-state index contributed by atoms with van der Waals surface area (Å²) in [5, 5.41) is 8.54. The van der Waals surface area contributed by atoms with Crippen LogP contribution in [0.3, 0.4) is 0 Å². The first-order valence-corrected chi connectivity index (χ1v) is 11.5. The van der Waals surface area contributed by atoms with E-state index >= 15 is 4.39 Å². The molecule has 0 aliphatic carbocycles. The van der Waals surface area contributed by atoms with Crippen molar-refractivity contribution in [3.63, 3.8) is 0 Å². The first-order valence-electron chi connectivity index (χ1n) is 11.5. The highest BCUT2D eigenvalue weighted by atomic mass is 79.9. The molecule has 0 radical (unpaired) electrons. The number of ketones is 1. The maximum Gasteiger partial charge on any atom is 0.227 e. The van der Waals surface area contributed by atoms with Gasteiger partial charge in [0.1, 0.15) is 5.84 Å². The predicted octanol–water partition coefficient (Wildman–Crippen LogP) is 4.87. The summed E-state index contributed by atoms with van der Waals surface area (Å²) in [4.78, 5) is 28.7. The molecule has 2 aromatic rings. The normalized spacial score (nSPS) is 15.9. The van der Waals surface area contributed by atoms with Crippen LogP contribution in [0.2, 0.25) is 0 Å². The monoisotopic (exact) mass is 547 g/mol. The lowest BCUT2D eigenvalue weighted by Crippen LogP contribution is -2.39. The number of rotatable bonds is 7. The number of benzene rings is 2. The van der Waals surface area contributed by atoms with Gasteiger partial charge in [0, 0.05) is 36.7 Å². The van der Waals surface area contributed by atoms with E-state index in [4.69, 9.17) is 14.9 Å². The number of fused-ring (bicyclic) bond motifs is 2. The van der Waals surface area contributed by atoms with Gasteiger partial charge in [0.25, 0.3) is 0 Å². The summed E-state index contributed by atoms with van der Waals surface area (Å²) < 4.78 is 26.3. The van der Waals surface area contributed by atoms with Gasteiger partial charge in [0.2, 0.25) is 5.91 Å². The third-order valence-corrected chi connectivity index (χ3v) is 6.48. The van der Waals surface area contributed by atoms with Crippen molar-refractivity contribution in [3.8, 4) is 11.5 Å². The van der Waals surface area contributed by atoms with Crippen LogP contribution >= 0.6 is 17.0 Å². The molecule has 188 valence electrons. The highest BCUT2D eigenvalue weighted by Crippen LogP contribution is 2.41. The summed E-state index contributed by atoms with van der Waals surface area (Å²) in [5.74, 6) is -0.515. The van der Waals surface area contributed by atoms with Crippen molar-refractivity contribution in [2.24, 2.45) is 0 Å². The number of carbonyl (C=O) groups excluding carboxylic acids is 2. The van der Waals surface area contributed by atoms with Crippen LogP contribution < -0.4 is 14.4 Å². The van der Waals surface area contributed by atoms with Crippen molar-refractivity contribution in [1.29, 1.82) is 5.41 Å². The number of halogens is 2. The Kier molecular flexibility index (Phi) is 7.59. The van der Waals surface area contributed by atoms with Crippen LogP contribution in [0.15, 0.2) is 24.3 Å². The number of hydrogen-bond donors (Lipinski definition) is 1. The minimum Gasteiger partial charge on any atom is -0.490 e. The highest BCUT2D eigenvalue weighted by Gasteiger charge is 2.36. The number of amides is 1. The number of amidine groups is 1. The lowest BCUT2D eigenvalue weighted by Gasteiger charge is -2.37. The van der Waals surface area contributed by atoms with Crippen LogP contribution in [-0.2, 0) is 16.8 Å². The van der Waals surface area contributed by atoms with Crippen molar-refractivity contribution in [3.05, 3.63) is 52.3 Å². The van der Waals surface area contributed by atoms with Crippen LogP contribution in [0.4, 0.5) is 10.1 Å². The zero-order valence-electron chi connectivity index (χ0n) is 20.7. The Labute approximate surface area is 215 Å². The zero-order valence-corrected chi connectivity index (χ0v) is 22.4. The summed E-state index contributed by atoms with van der Waals surface area (Å²) in [6.45, 7) is 8.34. The molecule has 0 fully saturated rings. The molecule has 35 heavy (non-hydrogen) atoms. The van der Waals surface area contributed by atoms with Crippen LogP contribution in [0.1, 0.15) is 61.2 Å². The number of hydrogen-bond acceptors (Lipinski definition) is 5. The van der Waals surface area contributed by atoms with Gasteiger partial charge in [-0.3, -0.25) is 15.0 Å². The van der Waals surface area contributed by atoms with Gasteiger partial charge in [-0.05, 0) is 49.2 Å². The molecule has 1 amide bonds. The van der Waals surface area contributed by atoms with E-state index in [1.54, 1.807) is 48.9 Å². The van der Waals surface area contributed by atoms with Crippen molar-refractivity contribution in [2.75, 3.05) is 31.7 Å². The van der Waals surface area contributed by atoms with Gasteiger partial charge in [0.15, 0.2) is 23.1 Å². The molecule has 0 bridgehead atoms. The Hall–Kier alpha value is -2.94. The third kappa shape index (κ3) is 4.66. The second-order valence-corrected chi connectivity index (χ2v) is 9.29. The van der Waals surface area contributed by atoms with Crippen molar-refractivity contribution >= 4 is 40.2 Å². The molecule has 2 aliphatic rings. The number of carbonyl (C=O) groups is 2. The van der Waals surface area contributed by atoms with Crippen LogP contribution in [0.5, 0.6) is 11.5 Å². The van der Waals surface area contributed by atoms with Gasteiger partial charge in [0.05, 0.1) is 25.3 Å². The average molecular weight is 548 g/mol. The third-order valence-electron chi connectivity index (χ3n) is 6.48. The van der Waals surface area contributed by atoms with Gasteiger partial charge in [-0.2, -0.15) is 0 Å². The van der Waals surface area contributed by atoms with Gasteiger partial charge in [-0.15, -0.1) is 17.0 Å². The quantitative estimate of drug-likeness (QED) is 0.500. The van der Waals surface area contributed by atoms with E-state index in [0.29, 0.717) is 29.9 Å². The second kappa shape index (κ2) is 9.97. The van der Waals surface area contributed by atoms with Gasteiger partial charge in [-0.1, -0.05) is 13.8 Å². The summed E-state index contributed by atoms with van der Waals surface area (Å²) >= 11 is 0. The Balaban J connectivity index is 0.00000342. The predicted molar refractivity (Wildman–Crippen MR) is 138 cm³/mol. The van der Waals surface area contributed by atoms with Crippen molar-refractivity contribution in [2.45, 2.75) is 46.1 Å². The fourth-order valence-electron chi connectivity index (χ4n) is 4.69. The number of ether oxygens (including phenoxy) is 2. The van der Waals surface area contributed by atoms with E-state index in [-0.39, 0.29) is 70.9 Å².